The molecule has 0 saturated carbocycles. The molecule has 8 heteroatoms. The number of carbonyl (C=O) groups is 1. The van der Waals surface area contributed by atoms with Gasteiger partial charge in [0.05, 0.1) is 18.1 Å². The minimum Gasteiger partial charge on any atom is -0.497 e. The maximum atomic E-state index is 11.2. The Morgan fingerprint density at radius 3 is 2.32 bits per heavy atom. The Balaban J connectivity index is 0.00000400. The van der Waals surface area contributed by atoms with E-state index in [9.17, 15) is 4.79 Å². The van der Waals surface area contributed by atoms with Crippen LogP contribution in [0.25, 0.3) is 11.0 Å². The number of ether oxygens (including phenoxy) is 3. The molecular formula is C30H35ClN2O5. The number of nitrogens with zero attached hydrogens (tertiary/aromatic N) is 2. The van der Waals surface area contributed by atoms with Crippen LogP contribution in [0.2, 0.25) is 0 Å². The molecule has 0 radical (unpaired) electrons. The highest BCUT2D eigenvalue weighted by molar-refractivity contribution is 5.85. The van der Waals surface area contributed by atoms with E-state index in [0.29, 0.717) is 24.5 Å². The summed E-state index contributed by atoms with van der Waals surface area (Å²) in [4.78, 5) is 15.8. The largest absolute Gasteiger partial charge is 0.497 e. The van der Waals surface area contributed by atoms with E-state index in [2.05, 4.69) is 50.0 Å². The Bertz CT molecular complexity index is 1390. The first-order valence-corrected chi connectivity index (χ1v) is 12.3. The van der Waals surface area contributed by atoms with Crippen LogP contribution < -0.4 is 14.2 Å². The molecule has 202 valence electrons. The fourth-order valence-electron chi connectivity index (χ4n) is 4.09. The molecule has 3 aromatic carbocycles. The molecule has 1 heterocycles. The van der Waals surface area contributed by atoms with E-state index in [1.165, 1.54) is 5.56 Å². The van der Waals surface area contributed by atoms with Crippen molar-refractivity contribution < 1.29 is 24.1 Å². The predicted octanol–water partition coefficient (Wildman–Crippen LogP) is 6.48. The summed E-state index contributed by atoms with van der Waals surface area (Å²) >= 11 is 0. The number of fused-ring (bicyclic) bond motifs is 1. The van der Waals surface area contributed by atoms with Crippen molar-refractivity contribution >= 4 is 29.4 Å². The normalized spacial score (nSPS) is 11.2. The summed E-state index contributed by atoms with van der Waals surface area (Å²) in [7, 11) is 3.59. The lowest BCUT2D eigenvalue weighted by Crippen LogP contribution is -2.11. The topological polar surface area (TPSA) is 82.8 Å². The minimum atomic E-state index is -0.845. The molecule has 0 aliphatic carbocycles. The standard InChI is InChI=1S/C30H34N2O5.ClH/c1-30(2,3)22-10-6-20(7-11-22)18-37-27-17-24(12-8-21(27)9-15-29(33)34)36-19-28-31-25-14-13-23(35-5)16-26(25)32(28)4;/h6-8,10-14,16-17H,9,15,18-19H2,1-5H3,(H,33,34);1H. The Morgan fingerprint density at radius 2 is 1.66 bits per heavy atom. The lowest BCUT2D eigenvalue weighted by molar-refractivity contribution is -0.136. The SMILES string of the molecule is COc1ccc2nc(COc3ccc(CCC(=O)O)c(OCc4ccc(C(C)(C)C)cc4)c3)n(C)c2c1.Cl. The van der Waals surface area contributed by atoms with Gasteiger partial charge in [-0.1, -0.05) is 51.1 Å². The van der Waals surface area contributed by atoms with Crippen molar-refractivity contribution in [3.05, 3.63) is 83.2 Å². The van der Waals surface area contributed by atoms with Crippen LogP contribution in [-0.4, -0.2) is 27.7 Å². The first kappa shape index (κ1) is 28.9. The molecule has 38 heavy (non-hydrogen) atoms. The number of methoxy groups -OCH3 is 1. The maximum Gasteiger partial charge on any atom is 0.303 e. The monoisotopic (exact) mass is 538 g/mol. The number of carboxylic acid groups (broad SMARTS) is 1. The average Bonchev–Trinajstić information content (AvgIpc) is 3.19. The average molecular weight is 539 g/mol. The zero-order chi connectivity index (χ0) is 26.6. The van der Waals surface area contributed by atoms with E-state index >= 15 is 0 Å². The maximum absolute atomic E-state index is 11.2. The molecule has 0 fully saturated rings. The van der Waals surface area contributed by atoms with Gasteiger partial charge in [0.2, 0.25) is 0 Å². The highest BCUT2D eigenvalue weighted by Crippen LogP contribution is 2.29. The van der Waals surface area contributed by atoms with Crippen LogP contribution in [0.3, 0.4) is 0 Å². The number of hydrogen-bond donors (Lipinski definition) is 1. The summed E-state index contributed by atoms with van der Waals surface area (Å²) in [6, 6.07) is 19.7. The van der Waals surface area contributed by atoms with E-state index in [-0.39, 0.29) is 30.8 Å². The van der Waals surface area contributed by atoms with Crippen LogP contribution in [-0.2, 0) is 36.9 Å². The second-order valence-electron chi connectivity index (χ2n) is 10.1. The number of benzene rings is 3. The molecular weight excluding hydrogens is 504 g/mol. The number of aromatic nitrogens is 2. The summed E-state index contributed by atoms with van der Waals surface area (Å²) in [5.74, 6) is 1.95. The number of imidazole rings is 1. The van der Waals surface area contributed by atoms with E-state index in [0.717, 1.165) is 33.7 Å². The Kier molecular flexibility index (Phi) is 9.28. The molecule has 4 aromatic rings. The number of rotatable bonds is 10. The van der Waals surface area contributed by atoms with Gasteiger partial charge in [0.25, 0.3) is 0 Å². The van der Waals surface area contributed by atoms with Crippen molar-refractivity contribution in [3.8, 4) is 17.2 Å². The summed E-state index contributed by atoms with van der Waals surface area (Å²) < 4.78 is 19.5. The first-order valence-electron chi connectivity index (χ1n) is 12.3. The Hall–Kier alpha value is -3.71. The zero-order valence-corrected chi connectivity index (χ0v) is 23.3. The lowest BCUT2D eigenvalue weighted by atomic mass is 9.87. The summed E-state index contributed by atoms with van der Waals surface area (Å²) in [6.45, 7) is 7.20. The molecule has 4 rings (SSSR count). The van der Waals surface area contributed by atoms with Gasteiger partial charge in [0.1, 0.15) is 36.3 Å². The Morgan fingerprint density at radius 1 is 0.947 bits per heavy atom. The fraction of sp³-hybridized carbons (Fsp3) is 0.333. The van der Waals surface area contributed by atoms with Crippen molar-refractivity contribution in [2.24, 2.45) is 7.05 Å². The molecule has 0 saturated heterocycles. The van der Waals surface area contributed by atoms with Crippen LogP contribution in [0.1, 0.15) is 49.7 Å². The highest BCUT2D eigenvalue weighted by Gasteiger charge is 2.14. The van der Waals surface area contributed by atoms with Gasteiger partial charge in [0.15, 0.2) is 0 Å². The first-order chi connectivity index (χ1) is 17.6. The van der Waals surface area contributed by atoms with Crippen LogP contribution in [0.4, 0.5) is 0 Å². The molecule has 7 nitrogen and oxygen atoms in total. The smallest absolute Gasteiger partial charge is 0.303 e. The summed E-state index contributed by atoms with van der Waals surface area (Å²) in [5, 5.41) is 9.17. The fourth-order valence-corrected chi connectivity index (χ4v) is 4.09. The van der Waals surface area contributed by atoms with Gasteiger partial charge in [-0.25, -0.2) is 4.98 Å². The van der Waals surface area contributed by atoms with Gasteiger partial charge in [-0.05, 0) is 46.7 Å². The number of aryl methyl sites for hydroxylation is 2. The quantitative estimate of drug-likeness (QED) is 0.249. The summed E-state index contributed by atoms with van der Waals surface area (Å²) in [5.41, 5.74) is 5.04. The molecule has 1 N–H and O–H groups in total. The Labute approximate surface area is 229 Å². The minimum absolute atomic E-state index is 0. The second-order valence-corrected chi connectivity index (χ2v) is 10.1. The van der Waals surface area contributed by atoms with E-state index < -0.39 is 5.97 Å². The third-order valence-electron chi connectivity index (χ3n) is 6.41. The number of hydrogen-bond acceptors (Lipinski definition) is 5. The van der Waals surface area contributed by atoms with Gasteiger partial charge in [-0.2, -0.15) is 0 Å². The van der Waals surface area contributed by atoms with Gasteiger partial charge in [-0.15, -0.1) is 12.4 Å². The van der Waals surface area contributed by atoms with Crippen molar-refractivity contribution in [1.82, 2.24) is 9.55 Å². The van der Waals surface area contributed by atoms with Crippen molar-refractivity contribution in [1.29, 1.82) is 0 Å². The number of aliphatic carboxylic acids is 1. The predicted molar refractivity (Wildman–Crippen MR) is 151 cm³/mol. The number of carboxylic acids is 1. The van der Waals surface area contributed by atoms with Crippen LogP contribution in [0.15, 0.2) is 60.7 Å². The van der Waals surface area contributed by atoms with Crippen LogP contribution in [0.5, 0.6) is 17.2 Å². The van der Waals surface area contributed by atoms with Gasteiger partial charge in [0, 0.05) is 25.6 Å². The second kappa shape index (κ2) is 12.2. The van der Waals surface area contributed by atoms with Gasteiger partial charge >= 0.3 is 5.97 Å². The zero-order valence-electron chi connectivity index (χ0n) is 22.5. The molecule has 0 spiro atoms. The van der Waals surface area contributed by atoms with E-state index in [1.54, 1.807) is 7.11 Å². The highest BCUT2D eigenvalue weighted by atomic mass is 35.5. The summed E-state index contributed by atoms with van der Waals surface area (Å²) in [6.07, 6.45) is 0.403. The molecule has 0 amide bonds. The number of halogens is 1. The molecule has 0 aliphatic rings. The van der Waals surface area contributed by atoms with Crippen molar-refractivity contribution in [2.45, 2.75) is 52.2 Å². The lowest BCUT2D eigenvalue weighted by Gasteiger charge is -2.19. The van der Waals surface area contributed by atoms with Gasteiger partial charge < -0.3 is 23.9 Å². The van der Waals surface area contributed by atoms with Crippen LogP contribution >= 0.6 is 12.4 Å². The van der Waals surface area contributed by atoms with E-state index in [4.69, 9.17) is 19.3 Å². The molecule has 1 aromatic heterocycles. The third kappa shape index (κ3) is 6.98. The van der Waals surface area contributed by atoms with E-state index in [1.807, 2.05) is 48.0 Å². The molecule has 0 aliphatic heterocycles. The third-order valence-corrected chi connectivity index (χ3v) is 6.41. The molecule has 0 bridgehead atoms. The van der Waals surface area contributed by atoms with Crippen molar-refractivity contribution in [3.63, 3.8) is 0 Å². The molecule has 0 atom stereocenters. The molecule has 0 unspecified atom stereocenters. The van der Waals surface area contributed by atoms with Crippen LogP contribution in [0, 0.1) is 0 Å². The van der Waals surface area contributed by atoms with Crippen molar-refractivity contribution in [2.75, 3.05) is 7.11 Å². The van der Waals surface area contributed by atoms with Gasteiger partial charge in [-0.3, -0.25) is 4.79 Å².